The first kappa shape index (κ1) is 11.0. The maximum atomic E-state index is 5.73. The van der Waals surface area contributed by atoms with Crippen LogP contribution in [0.5, 0.6) is 0 Å². The van der Waals surface area contributed by atoms with Gasteiger partial charge < -0.3 is 10.6 Å². The van der Waals surface area contributed by atoms with Gasteiger partial charge in [-0.25, -0.2) is 4.98 Å². The Morgan fingerprint density at radius 3 is 2.93 bits per heavy atom. The van der Waals surface area contributed by atoms with Gasteiger partial charge in [-0.15, -0.1) is 11.3 Å². The Bertz CT molecular complexity index is 318. The number of aryl methyl sites for hydroxylation is 1. The summed E-state index contributed by atoms with van der Waals surface area (Å²) in [4.78, 5) is 10.4. The molecule has 1 aromatic rings. The highest BCUT2D eigenvalue weighted by atomic mass is 32.1. The van der Waals surface area contributed by atoms with Gasteiger partial charge in [0.05, 0.1) is 17.2 Å². The average Bonchev–Trinajstić information content (AvgIpc) is 2.51. The van der Waals surface area contributed by atoms with Crippen molar-refractivity contribution >= 4 is 17.3 Å². The Labute approximate surface area is 88.5 Å². The van der Waals surface area contributed by atoms with Crippen LogP contribution >= 0.6 is 11.3 Å². The second kappa shape index (κ2) is 4.95. The van der Waals surface area contributed by atoms with Gasteiger partial charge in [-0.2, -0.15) is 0 Å². The summed E-state index contributed by atoms with van der Waals surface area (Å²) in [6, 6.07) is 0. The van der Waals surface area contributed by atoms with Crippen LogP contribution in [0.1, 0.15) is 17.6 Å². The van der Waals surface area contributed by atoms with Crippen molar-refractivity contribution in [2.24, 2.45) is 10.7 Å². The molecule has 0 saturated heterocycles. The van der Waals surface area contributed by atoms with Gasteiger partial charge >= 0.3 is 0 Å². The molecule has 0 aromatic carbocycles. The van der Waals surface area contributed by atoms with Crippen LogP contribution in [0.2, 0.25) is 0 Å². The van der Waals surface area contributed by atoms with E-state index in [1.165, 1.54) is 0 Å². The monoisotopic (exact) mass is 212 g/mol. The van der Waals surface area contributed by atoms with Crippen LogP contribution in [-0.2, 0) is 6.54 Å². The Balaban J connectivity index is 2.56. The van der Waals surface area contributed by atoms with E-state index >= 15 is 0 Å². The lowest BCUT2D eigenvalue weighted by Gasteiger charge is -2.16. The molecular formula is C9H16N4S. The number of rotatable bonds is 3. The van der Waals surface area contributed by atoms with E-state index in [0.29, 0.717) is 12.5 Å². The van der Waals surface area contributed by atoms with E-state index in [1.807, 2.05) is 31.2 Å². The van der Waals surface area contributed by atoms with Gasteiger partial charge in [0, 0.05) is 19.0 Å². The highest BCUT2D eigenvalue weighted by molar-refractivity contribution is 7.09. The SMILES string of the molecule is CCN=C(N)N(C)Cc1csc(C)n1. The average molecular weight is 212 g/mol. The molecule has 0 aliphatic heterocycles. The van der Waals surface area contributed by atoms with Gasteiger partial charge in [0.1, 0.15) is 0 Å². The van der Waals surface area contributed by atoms with Gasteiger partial charge in [0.25, 0.3) is 0 Å². The molecule has 0 fully saturated rings. The number of guanidine groups is 1. The zero-order valence-electron chi connectivity index (χ0n) is 8.82. The molecule has 14 heavy (non-hydrogen) atoms. The number of nitrogens with two attached hydrogens (primary N) is 1. The summed E-state index contributed by atoms with van der Waals surface area (Å²) >= 11 is 1.65. The van der Waals surface area contributed by atoms with Crippen molar-refractivity contribution in [1.29, 1.82) is 0 Å². The normalized spacial score (nSPS) is 11.8. The molecule has 5 heteroatoms. The maximum Gasteiger partial charge on any atom is 0.191 e. The summed E-state index contributed by atoms with van der Waals surface area (Å²) in [6.07, 6.45) is 0. The van der Waals surface area contributed by atoms with Crippen molar-refractivity contribution in [2.45, 2.75) is 20.4 Å². The van der Waals surface area contributed by atoms with E-state index in [2.05, 4.69) is 9.98 Å². The van der Waals surface area contributed by atoms with Crippen LogP contribution in [0.3, 0.4) is 0 Å². The van der Waals surface area contributed by atoms with Crippen molar-refractivity contribution in [2.75, 3.05) is 13.6 Å². The molecule has 0 aliphatic rings. The van der Waals surface area contributed by atoms with Gasteiger partial charge in [-0.1, -0.05) is 0 Å². The summed E-state index contributed by atoms with van der Waals surface area (Å²) in [5.41, 5.74) is 6.78. The molecule has 1 rings (SSSR count). The Kier molecular flexibility index (Phi) is 3.88. The quantitative estimate of drug-likeness (QED) is 0.605. The van der Waals surface area contributed by atoms with Crippen LogP contribution in [0.15, 0.2) is 10.4 Å². The Morgan fingerprint density at radius 2 is 2.43 bits per heavy atom. The van der Waals surface area contributed by atoms with E-state index < -0.39 is 0 Å². The van der Waals surface area contributed by atoms with Crippen LogP contribution < -0.4 is 5.73 Å². The lowest BCUT2D eigenvalue weighted by molar-refractivity contribution is 0.486. The van der Waals surface area contributed by atoms with Crippen molar-refractivity contribution < 1.29 is 0 Å². The zero-order chi connectivity index (χ0) is 10.6. The summed E-state index contributed by atoms with van der Waals surface area (Å²) in [6.45, 7) is 5.40. The van der Waals surface area contributed by atoms with Crippen LogP contribution in [0, 0.1) is 6.92 Å². The Morgan fingerprint density at radius 1 is 1.71 bits per heavy atom. The first-order valence-electron chi connectivity index (χ1n) is 4.55. The number of hydrogen-bond acceptors (Lipinski definition) is 3. The van der Waals surface area contributed by atoms with E-state index in [0.717, 1.165) is 17.2 Å². The zero-order valence-corrected chi connectivity index (χ0v) is 9.64. The summed E-state index contributed by atoms with van der Waals surface area (Å²) in [5, 5.41) is 3.13. The van der Waals surface area contributed by atoms with Crippen molar-refractivity contribution in [3.63, 3.8) is 0 Å². The molecule has 1 aromatic heterocycles. The number of thiazole rings is 1. The van der Waals surface area contributed by atoms with E-state index in [4.69, 9.17) is 5.73 Å². The fourth-order valence-corrected chi connectivity index (χ4v) is 1.69. The largest absolute Gasteiger partial charge is 0.370 e. The van der Waals surface area contributed by atoms with Crippen molar-refractivity contribution in [3.8, 4) is 0 Å². The van der Waals surface area contributed by atoms with Gasteiger partial charge in [0.2, 0.25) is 0 Å². The number of aromatic nitrogens is 1. The molecule has 0 unspecified atom stereocenters. The topological polar surface area (TPSA) is 54.5 Å². The van der Waals surface area contributed by atoms with Crippen molar-refractivity contribution in [3.05, 3.63) is 16.1 Å². The molecule has 1 heterocycles. The number of aliphatic imine (C=N–C) groups is 1. The molecular weight excluding hydrogens is 196 g/mol. The van der Waals surface area contributed by atoms with Crippen LogP contribution in [0.25, 0.3) is 0 Å². The van der Waals surface area contributed by atoms with Crippen LogP contribution in [-0.4, -0.2) is 29.4 Å². The van der Waals surface area contributed by atoms with E-state index in [1.54, 1.807) is 11.3 Å². The predicted octanol–water partition coefficient (Wildman–Crippen LogP) is 1.22. The molecule has 0 amide bonds. The number of nitrogens with zero attached hydrogens (tertiary/aromatic N) is 3. The van der Waals surface area contributed by atoms with Gasteiger partial charge in [-0.3, -0.25) is 4.99 Å². The minimum Gasteiger partial charge on any atom is -0.370 e. The minimum atomic E-state index is 0.568. The maximum absolute atomic E-state index is 5.73. The lowest BCUT2D eigenvalue weighted by Crippen LogP contribution is -2.33. The van der Waals surface area contributed by atoms with Crippen LogP contribution in [0.4, 0.5) is 0 Å². The minimum absolute atomic E-state index is 0.568. The fourth-order valence-electron chi connectivity index (χ4n) is 1.09. The molecule has 0 spiro atoms. The van der Waals surface area contributed by atoms with E-state index in [9.17, 15) is 0 Å². The highest BCUT2D eigenvalue weighted by Crippen LogP contribution is 2.09. The third kappa shape index (κ3) is 2.99. The molecule has 0 atom stereocenters. The summed E-state index contributed by atoms with van der Waals surface area (Å²) in [5.74, 6) is 0.568. The molecule has 2 N–H and O–H groups in total. The Hall–Kier alpha value is -1.10. The van der Waals surface area contributed by atoms with Crippen molar-refractivity contribution in [1.82, 2.24) is 9.88 Å². The molecule has 78 valence electrons. The predicted molar refractivity (Wildman–Crippen MR) is 60.5 cm³/mol. The third-order valence-corrected chi connectivity index (χ3v) is 2.60. The van der Waals surface area contributed by atoms with Gasteiger partial charge in [-0.05, 0) is 13.8 Å². The molecule has 4 nitrogen and oxygen atoms in total. The lowest BCUT2D eigenvalue weighted by atomic mass is 10.4. The molecule has 0 saturated carbocycles. The molecule has 0 bridgehead atoms. The second-order valence-corrected chi connectivity index (χ2v) is 4.11. The number of hydrogen-bond donors (Lipinski definition) is 1. The fraction of sp³-hybridized carbons (Fsp3) is 0.556. The second-order valence-electron chi connectivity index (χ2n) is 3.05. The van der Waals surface area contributed by atoms with E-state index in [-0.39, 0.29) is 0 Å². The smallest absolute Gasteiger partial charge is 0.191 e. The first-order chi connectivity index (χ1) is 6.63. The summed E-state index contributed by atoms with van der Waals surface area (Å²) < 4.78 is 0. The standard InChI is InChI=1S/C9H16N4S/c1-4-11-9(10)13(3)5-8-6-14-7(2)12-8/h6H,4-5H2,1-3H3,(H2,10,11). The molecule has 0 radical (unpaired) electrons. The van der Waals surface area contributed by atoms with Gasteiger partial charge in [0.15, 0.2) is 5.96 Å². The third-order valence-electron chi connectivity index (χ3n) is 1.78. The summed E-state index contributed by atoms with van der Waals surface area (Å²) in [7, 11) is 1.92. The first-order valence-corrected chi connectivity index (χ1v) is 5.43. The molecule has 0 aliphatic carbocycles. The highest BCUT2D eigenvalue weighted by Gasteiger charge is 2.04.